The van der Waals surface area contributed by atoms with E-state index in [-0.39, 0.29) is 52.9 Å². The molecule has 0 aliphatic carbocycles. The molecular weight excluding hydrogens is 700 g/mol. The first-order valence-electron chi connectivity index (χ1n) is 17.5. The molecule has 0 spiro atoms. The average Bonchev–Trinajstić information content (AvgIpc) is 3.62. The van der Waals surface area contributed by atoms with Crippen LogP contribution in [-0.2, 0) is 11.3 Å². The number of carbonyl (C=O) groups is 4. The number of nitrogens with zero attached hydrogens (tertiary/aromatic N) is 9. The van der Waals surface area contributed by atoms with Crippen molar-refractivity contribution in [3.8, 4) is 11.3 Å². The second kappa shape index (κ2) is 13.6. The molecule has 17 heteroatoms. The van der Waals surface area contributed by atoms with Crippen molar-refractivity contribution in [3.63, 3.8) is 0 Å². The quantitative estimate of drug-likeness (QED) is 0.215. The van der Waals surface area contributed by atoms with E-state index >= 15 is 8.78 Å². The number of aryl methyl sites for hydroxylation is 1. The van der Waals surface area contributed by atoms with Crippen LogP contribution in [0.5, 0.6) is 0 Å². The zero-order valence-electron chi connectivity index (χ0n) is 29.6. The zero-order valence-corrected chi connectivity index (χ0v) is 29.6. The molecule has 3 aromatic heterocycles. The van der Waals surface area contributed by atoms with Crippen LogP contribution in [0.15, 0.2) is 54.9 Å². The molecule has 2 saturated heterocycles. The normalized spacial score (nSPS) is 16.5. The van der Waals surface area contributed by atoms with E-state index in [2.05, 4.69) is 40.4 Å². The van der Waals surface area contributed by atoms with Crippen LogP contribution in [0, 0.1) is 18.6 Å². The van der Waals surface area contributed by atoms with Crippen molar-refractivity contribution in [2.45, 2.75) is 39.8 Å². The molecule has 0 atom stereocenters. The number of aromatic nitrogens is 5. The van der Waals surface area contributed by atoms with Gasteiger partial charge in [-0.25, -0.2) is 38.5 Å². The van der Waals surface area contributed by atoms with Gasteiger partial charge < -0.3 is 14.8 Å². The van der Waals surface area contributed by atoms with Crippen molar-refractivity contribution < 1.29 is 28.0 Å². The van der Waals surface area contributed by atoms with Crippen LogP contribution in [0.3, 0.4) is 0 Å². The van der Waals surface area contributed by atoms with Gasteiger partial charge in [-0.1, -0.05) is 6.07 Å². The summed E-state index contributed by atoms with van der Waals surface area (Å²) < 4.78 is 32.0. The molecule has 0 unspecified atom stereocenters. The molecule has 2 N–H and O–H groups in total. The number of hydrogen-bond acceptors (Lipinski definition) is 11. The van der Waals surface area contributed by atoms with Crippen molar-refractivity contribution in [1.82, 2.24) is 44.7 Å². The fourth-order valence-corrected chi connectivity index (χ4v) is 7.21. The van der Waals surface area contributed by atoms with Gasteiger partial charge in [-0.3, -0.25) is 24.6 Å². The van der Waals surface area contributed by atoms with E-state index in [1.165, 1.54) is 6.07 Å². The average molecular weight is 736 g/mol. The fourth-order valence-electron chi connectivity index (χ4n) is 7.21. The minimum Gasteiger partial charge on any atom is -0.368 e. The number of rotatable bonds is 8. The maximum atomic E-state index is 15.1. The Bertz CT molecular complexity index is 2360. The van der Waals surface area contributed by atoms with Gasteiger partial charge in [0.25, 0.3) is 11.8 Å². The van der Waals surface area contributed by atoms with Crippen molar-refractivity contribution in [3.05, 3.63) is 89.0 Å². The predicted molar refractivity (Wildman–Crippen MR) is 193 cm³/mol. The summed E-state index contributed by atoms with van der Waals surface area (Å²) in [7, 11) is 0. The van der Waals surface area contributed by atoms with Crippen molar-refractivity contribution in [2.75, 3.05) is 42.9 Å². The Hall–Kier alpha value is -6.36. The maximum absolute atomic E-state index is 15.1. The lowest BCUT2D eigenvalue weighted by Gasteiger charge is -2.36. The molecule has 0 radical (unpaired) electrons. The number of nitrogens with one attached hydrogen (secondary N) is 2. The Balaban J connectivity index is 0.894. The Labute approximate surface area is 307 Å². The summed E-state index contributed by atoms with van der Waals surface area (Å²) >= 11 is 0. The number of amides is 5. The molecule has 3 aliphatic rings. The summed E-state index contributed by atoms with van der Waals surface area (Å²) in [6.07, 6.45) is 2.77. The van der Waals surface area contributed by atoms with Crippen molar-refractivity contribution in [1.29, 1.82) is 0 Å². The smallest absolute Gasteiger partial charge is 0.343 e. The number of hydrogen-bond donors (Lipinski definition) is 2. The minimum atomic E-state index is -0.801. The lowest BCUT2D eigenvalue weighted by molar-refractivity contribution is -0.122. The molecule has 0 bridgehead atoms. The zero-order chi connectivity index (χ0) is 37.8. The second-order valence-corrected chi connectivity index (χ2v) is 13.7. The number of halogens is 2. The SMILES string of the molecule is Cc1nc2c(F)cc(-c3nc(Nc4ccc(N5CCN(Cc6ccc7c(c6)C(=O)N(N6CCC(=O)NC6=O)C7=O)CC5)cn4)ncc3F)cc2n1C(C)C. The van der Waals surface area contributed by atoms with Gasteiger partial charge in [-0.15, -0.1) is 0 Å². The highest BCUT2D eigenvalue weighted by Crippen LogP contribution is 2.31. The highest BCUT2D eigenvalue weighted by molar-refractivity contribution is 6.22. The Morgan fingerprint density at radius 2 is 1.63 bits per heavy atom. The summed E-state index contributed by atoms with van der Waals surface area (Å²) in [5, 5.41) is 6.95. The van der Waals surface area contributed by atoms with E-state index in [1.807, 2.05) is 30.5 Å². The molecule has 15 nitrogen and oxygen atoms in total. The van der Waals surface area contributed by atoms with Gasteiger partial charge in [0.1, 0.15) is 22.9 Å². The molecule has 8 rings (SSSR count). The lowest BCUT2D eigenvalue weighted by Crippen LogP contribution is -2.58. The van der Waals surface area contributed by atoms with E-state index in [4.69, 9.17) is 0 Å². The number of piperazine rings is 1. The molecule has 6 heterocycles. The van der Waals surface area contributed by atoms with Gasteiger partial charge in [0.05, 0.1) is 41.3 Å². The second-order valence-electron chi connectivity index (χ2n) is 13.7. The van der Waals surface area contributed by atoms with Crippen LogP contribution in [0.1, 0.15) is 58.4 Å². The van der Waals surface area contributed by atoms with Gasteiger partial charge in [-0.05, 0) is 62.7 Å². The number of fused-ring (bicyclic) bond motifs is 2. The predicted octanol–water partition coefficient (Wildman–Crippen LogP) is 4.57. The third-order valence-electron chi connectivity index (χ3n) is 9.79. The third-order valence-corrected chi connectivity index (χ3v) is 9.79. The van der Waals surface area contributed by atoms with Crippen molar-refractivity contribution in [2.24, 2.45) is 0 Å². The molecule has 0 saturated carbocycles. The number of carbonyl (C=O) groups excluding carboxylic acids is 4. The molecule has 2 fully saturated rings. The van der Waals surface area contributed by atoms with Crippen LogP contribution in [-0.4, -0.2) is 95.9 Å². The maximum Gasteiger partial charge on any atom is 0.343 e. The van der Waals surface area contributed by atoms with E-state index in [0.29, 0.717) is 36.8 Å². The van der Waals surface area contributed by atoms with Gasteiger partial charge in [0, 0.05) is 50.7 Å². The number of benzene rings is 2. The molecular formula is C37H35F2N11O4. The van der Waals surface area contributed by atoms with E-state index in [9.17, 15) is 19.2 Å². The van der Waals surface area contributed by atoms with Crippen LogP contribution >= 0.6 is 0 Å². The standard InChI is InChI=1S/C37H35F2N11O4/c1-20(2)49-21(3)42-33-27(38)15-23(16-29(33)49)32-28(39)18-41-36(45-32)43-30-7-5-24(17-40-30)47-12-10-46(11-13-47)19-22-4-6-25-26(14-22)35(53)50(34(25)52)48-9-8-31(51)44-37(48)54/h4-7,14-18,20H,8-13,19H2,1-3H3,(H,44,51,54)(H,40,41,43,45). The third kappa shape index (κ3) is 6.25. The molecule has 276 valence electrons. The minimum absolute atomic E-state index is 0.00547. The first-order valence-corrected chi connectivity index (χ1v) is 17.5. The summed E-state index contributed by atoms with van der Waals surface area (Å²) in [5.41, 5.74) is 3.20. The Kier molecular flexibility index (Phi) is 8.72. The summed E-state index contributed by atoms with van der Waals surface area (Å²) in [5.74, 6) is -1.69. The van der Waals surface area contributed by atoms with E-state index in [0.717, 1.165) is 40.6 Å². The molecule has 5 amide bonds. The van der Waals surface area contributed by atoms with Gasteiger partial charge in [0.2, 0.25) is 11.9 Å². The first kappa shape index (κ1) is 34.7. The summed E-state index contributed by atoms with van der Waals surface area (Å²) in [4.78, 5) is 71.8. The molecule has 2 aromatic carbocycles. The Morgan fingerprint density at radius 3 is 2.35 bits per heavy atom. The van der Waals surface area contributed by atoms with Crippen molar-refractivity contribution >= 4 is 52.2 Å². The van der Waals surface area contributed by atoms with E-state index in [1.54, 1.807) is 37.4 Å². The monoisotopic (exact) mass is 735 g/mol. The summed E-state index contributed by atoms with van der Waals surface area (Å²) in [6.45, 7) is 9.14. The highest BCUT2D eigenvalue weighted by atomic mass is 19.1. The van der Waals surface area contributed by atoms with Crippen LogP contribution in [0.2, 0.25) is 0 Å². The van der Waals surface area contributed by atoms with E-state index < -0.39 is 35.4 Å². The number of pyridine rings is 1. The molecule has 5 aromatic rings. The summed E-state index contributed by atoms with van der Waals surface area (Å²) in [6, 6.07) is 10.9. The molecule has 54 heavy (non-hydrogen) atoms. The topological polar surface area (TPSA) is 162 Å². The first-order chi connectivity index (χ1) is 25.9. The molecule has 3 aliphatic heterocycles. The highest BCUT2D eigenvalue weighted by Gasteiger charge is 2.43. The number of imide groups is 2. The number of hydrazine groups is 1. The number of anilines is 3. The van der Waals surface area contributed by atoms with Crippen LogP contribution in [0.4, 0.5) is 31.0 Å². The van der Waals surface area contributed by atoms with Gasteiger partial charge in [0.15, 0.2) is 11.6 Å². The number of urea groups is 1. The van der Waals surface area contributed by atoms with Gasteiger partial charge in [-0.2, -0.15) is 5.01 Å². The van der Waals surface area contributed by atoms with Crippen LogP contribution in [0.25, 0.3) is 22.3 Å². The van der Waals surface area contributed by atoms with Gasteiger partial charge >= 0.3 is 6.03 Å². The number of imidazole rings is 1. The fraction of sp³-hybridized carbons (Fsp3) is 0.297. The van der Waals surface area contributed by atoms with Crippen LogP contribution < -0.4 is 15.5 Å². The largest absolute Gasteiger partial charge is 0.368 e. The Morgan fingerprint density at radius 1 is 0.852 bits per heavy atom. The lowest BCUT2D eigenvalue weighted by atomic mass is 10.1.